The first-order chi connectivity index (χ1) is 16.4. The molecule has 176 valence electrons. The van der Waals surface area contributed by atoms with Crippen LogP contribution in [0, 0.1) is 0 Å². The van der Waals surface area contributed by atoms with E-state index in [2.05, 4.69) is 27.3 Å². The van der Waals surface area contributed by atoms with E-state index >= 15 is 0 Å². The average molecular weight is 462 g/mol. The van der Waals surface area contributed by atoms with Crippen LogP contribution in [0.25, 0.3) is 17.4 Å². The molecule has 0 saturated heterocycles. The molecule has 3 aromatic heterocycles. The molecule has 0 atom stereocenters. The Hall–Kier alpha value is -4.14. The van der Waals surface area contributed by atoms with Crippen LogP contribution in [-0.4, -0.2) is 32.3 Å². The van der Waals surface area contributed by atoms with E-state index in [1.807, 2.05) is 13.8 Å². The molecule has 1 aromatic carbocycles. The predicted octanol–water partition coefficient (Wildman–Crippen LogP) is 4.77. The zero-order valence-corrected chi connectivity index (χ0v) is 19.4. The lowest BCUT2D eigenvalue weighted by atomic mass is 10.1. The Morgan fingerprint density at radius 2 is 2.00 bits per heavy atom. The third-order valence-corrected chi connectivity index (χ3v) is 5.15. The summed E-state index contributed by atoms with van der Waals surface area (Å²) in [6, 6.07) is 13.6. The van der Waals surface area contributed by atoms with Crippen molar-refractivity contribution in [1.29, 1.82) is 0 Å². The minimum Gasteiger partial charge on any atom is -0.494 e. The number of carbonyl (C=O) groups is 1. The van der Waals surface area contributed by atoms with Crippen LogP contribution in [0.1, 0.15) is 55.6 Å². The van der Waals surface area contributed by atoms with Gasteiger partial charge in [0.1, 0.15) is 17.3 Å². The summed E-state index contributed by atoms with van der Waals surface area (Å²) in [6.45, 7) is 6.63. The van der Waals surface area contributed by atoms with E-state index in [1.54, 1.807) is 42.5 Å². The zero-order chi connectivity index (χ0) is 24.1. The second-order valence-corrected chi connectivity index (χ2v) is 8.13. The van der Waals surface area contributed by atoms with E-state index in [1.165, 1.54) is 17.0 Å². The van der Waals surface area contributed by atoms with E-state index in [4.69, 9.17) is 9.15 Å². The number of ether oxygens (including phenoxy) is 1. The number of benzene rings is 1. The summed E-state index contributed by atoms with van der Waals surface area (Å²) in [4.78, 5) is 32.5. The minimum atomic E-state index is -0.338. The molecule has 0 fully saturated rings. The van der Waals surface area contributed by atoms with Crippen molar-refractivity contribution in [3.63, 3.8) is 0 Å². The van der Waals surface area contributed by atoms with Gasteiger partial charge in [0.25, 0.3) is 11.5 Å². The van der Waals surface area contributed by atoms with Crippen LogP contribution in [0.5, 0.6) is 5.75 Å². The van der Waals surface area contributed by atoms with Gasteiger partial charge in [-0.05, 0) is 48.7 Å². The van der Waals surface area contributed by atoms with Crippen LogP contribution in [0.2, 0.25) is 0 Å². The first kappa shape index (κ1) is 23.0. The highest BCUT2D eigenvalue weighted by Gasteiger charge is 2.18. The van der Waals surface area contributed by atoms with Gasteiger partial charge in [-0.25, -0.2) is 4.98 Å². The van der Waals surface area contributed by atoms with Crippen molar-refractivity contribution in [1.82, 2.24) is 19.7 Å². The Kier molecular flexibility index (Phi) is 6.91. The van der Waals surface area contributed by atoms with Crippen LogP contribution < -0.4 is 15.6 Å². The smallest absolute Gasteiger partial charge is 0.256 e. The third kappa shape index (κ3) is 5.25. The fourth-order valence-corrected chi connectivity index (χ4v) is 3.26. The van der Waals surface area contributed by atoms with Crippen LogP contribution in [0.3, 0.4) is 0 Å². The van der Waals surface area contributed by atoms with Crippen molar-refractivity contribution in [2.75, 3.05) is 11.9 Å². The third-order valence-electron chi connectivity index (χ3n) is 5.15. The minimum absolute atomic E-state index is 0.0391. The van der Waals surface area contributed by atoms with Crippen LogP contribution in [0.4, 0.5) is 5.82 Å². The number of nitrogens with zero attached hydrogens (tertiary/aromatic N) is 3. The van der Waals surface area contributed by atoms with Gasteiger partial charge in [0.05, 0.1) is 18.6 Å². The second-order valence-electron chi connectivity index (χ2n) is 8.13. The summed E-state index contributed by atoms with van der Waals surface area (Å²) in [7, 11) is 0. The van der Waals surface area contributed by atoms with Gasteiger partial charge < -0.3 is 14.5 Å². The van der Waals surface area contributed by atoms with Gasteiger partial charge in [0, 0.05) is 17.7 Å². The fraction of sp³-hybridized carbons (Fsp3) is 0.280. The van der Waals surface area contributed by atoms with E-state index < -0.39 is 0 Å². The summed E-state index contributed by atoms with van der Waals surface area (Å²) in [6.07, 6.45) is 3.56. The van der Waals surface area contributed by atoms with Crippen LogP contribution in [0.15, 0.2) is 64.0 Å². The molecule has 0 aliphatic heterocycles. The van der Waals surface area contributed by atoms with Crippen molar-refractivity contribution in [2.24, 2.45) is 0 Å². The Labute approximate surface area is 196 Å². The molecule has 2 N–H and O–H groups in total. The number of carbonyl (C=O) groups excluding carboxylic acids is 1. The number of hydrogen-bond acceptors (Lipinski definition) is 6. The number of H-pyrrole nitrogens is 1. The summed E-state index contributed by atoms with van der Waals surface area (Å²) < 4.78 is 12.5. The SMILES string of the molecule is CCCCOc1ccc(C(=O)Nc2cc(-c3ccco3)nn2-c2nc(C(C)C)cc(=O)[nH]2)cc1. The summed E-state index contributed by atoms with van der Waals surface area (Å²) in [5.41, 5.74) is 1.24. The van der Waals surface area contributed by atoms with Crippen molar-refractivity contribution < 1.29 is 13.9 Å². The maximum Gasteiger partial charge on any atom is 0.256 e. The maximum absolute atomic E-state index is 13.0. The van der Waals surface area contributed by atoms with Crippen molar-refractivity contribution >= 4 is 11.7 Å². The zero-order valence-electron chi connectivity index (χ0n) is 19.4. The topological polar surface area (TPSA) is 115 Å². The Bertz CT molecular complexity index is 1300. The molecule has 0 saturated carbocycles. The van der Waals surface area contributed by atoms with Crippen LogP contribution in [-0.2, 0) is 0 Å². The van der Waals surface area contributed by atoms with Gasteiger partial charge in [-0.3, -0.25) is 14.6 Å². The largest absolute Gasteiger partial charge is 0.494 e. The number of nitrogens with one attached hydrogen (secondary N) is 2. The number of hydrogen-bond donors (Lipinski definition) is 2. The van der Waals surface area contributed by atoms with E-state index in [0.29, 0.717) is 40.9 Å². The molecule has 4 aromatic rings. The Morgan fingerprint density at radius 1 is 1.21 bits per heavy atom. The molecule has 1 amide bonds. The Morgan fingerprint density at radius 3 is 2.68 bits per heavy atom. The molecule has 0 aliphatic carbocycles. The lowest BCUT2D eigenvalue weighted by molar-refractivity contribution is 0.102. The second kappa shape index (κ2) is 10.2. The van der Waals surface area contributed by atoms with Crippen molar-refractivity contribution in [3.05, 3.63) is 76.4 Å². The Balaban J connectivity index is 1.65. The highest BCUT2D eigenvalue weighted by molar-refractivity contribution is 6.04. The number of aromatic amines is 1. The molecule has 3 heterocycles. The quantitative estimate of drug-likeness (QED) is 0.347. The first-order valence-electron chi connectivity index (χ1n) is 11.2. The molecule has 0 bridgehead atoms. The highest BCUT2D eigenvalue weighted by Crippen LogP contribution is 2.25. The van der Waals surface area contributed by atoms with Gasteiger partial charge in [0.2, 0.25) is 5.95 Å². The van der Waals surface area contributed by atoms with E-state index in [-0.39, 0.29) is 23.3 Å². The number of amides is 1. The fourth-order valence-electron chi connectivity index (χ4n) is 3.26. The monoisotopic (exact) mass is 461 g/mol. The molecule has 0 unspecified atom stereocenters. The van der Waals surface area contributed by atoms with E-state index in [9.17, 15) is 9.59 Å². The molecule has 34 heavy (non-hydrogen) atoms. The van der Waals surface area contributed by atoms with Gasteiger partial charge in [-0.1, -0.05) is 27.2 Å². The molecular formula is C25H27N5O4. The lowest BCUT2D eigenvalue weighted by Crippen LogP contribution is -2.19. The highest BCUT2D eigenvalue weighted by atomic mass is 16.5. The summed E-state index contributed by atoms with van der Waals surface area (Å²) >= 11 is 0. The van der Waals surface area contributed by atoms with Crippen LogP contribution >= 0.6 is 0 Å². The number of rotatable bonds is 9. The molecule has 0 radical (unpaired) electrons. The van der Waals surface area contributed by atoms with Gasteiger partial charge in [-0.15, -0.1) is 0 Å². The summed E-state index contributed by atoms with van der Waals surface area (Å²) in [5.74, 6) is 1.46. The van der Waals surface area contributed by atoms with Gasteiger partial charge in [-0.2, -0.15) is 9.78 Å². The van der Waals surface area contributed by atoms with Crippen molar-refractivity contribution in [3.8, 4) is 23.2 Å². The predicted molar refractivity (Wildman–Crippen MR) is 129 cm³/mol. The maximum atomic E-state index is 13.0. The lowest BCUT2D eigenvalue weighted by Gasteiger charge is -2.11. The molecule has 9 nitrogen and oxygen atoms in total. The number of anilines is 1. The normalized spacial score (nSPS) is 11.1. The standard InChI is InChI=1S/C25H27N5O4/c1-4-5-12-33-18-10-8-17(9-11-18)24(32)27-22-14-20(21-7-6-13-34-21)29-30(22)25-26-19(16(2)3)15-23(31)28-25/h6-11,13-16H,4-5,12H2,1-3H3,(H,27,32)(H,26,28,31). The number of unbranched alkanes of at least 4 members (excludes halogenated alkanes) is 1. The summed E-state index contributed by atoms with van der Waals surface area (Å²) in [5, 5.41) is 7.39. The molecule has 0 spiro atoms. The molecule has 0 aliphatic rings. The van der Waals surface area contributed by atoms with Gasteiger partial charge in [0.15, 0.2) is 5.76 Å². The van der Waals surface area contributed by atoms with Gasteiger partial charge >= 0.3 is 0 Å². The number of aromatic nitrogens is 4. The molecular weight excluding hydrogens is 434 g/mol. The number of furan rings is 1. The van der Waals surface area contributed by atoms with E-state index in [0.717, 1.165) is 12.8 Å². The molecule has 4 rings (SSSR count). The average Bonchev–Trinajstić information content (AvgIpc) is 3.49. The van der Waals surface area contributed by atoms with Crippen molar-refractivity contribution in [2.45, 2.75) is 39.5 Å². The molecule has 9 heteroatoms. The first-order valence-corrected chi connectivity index (χ1v) is 11.2.